The van der Waals surface area contributed by atoms with Crippen LogP contribution in [0.3, 0.4) is 0 Å². The number of carbonyl (C=O) groups excluding carboxylic acids is 1. The molecule has 2 aromatic carbocycles. The number of anilines is 1. The quantitative estimate of drug-likeness (QED) is 0.814. The van der Waals surface area contributed by atoms with Crippen LogP contribution in [0.15, 0.2) is 59.5 Å². The van der Waals surface area contributed by atoms with Gasteiger partial charge in [0.2, 0.25) is 0 Å². The van der Waals surface area contributed by atoms with Crippen LogP contribution in [-0.2, 0) is 10.0 Å². The van der Waals surface area contributed by atoms with Crippen LogP contribution in [0.4, 0.5) is 5.69 Å². The van der Waals surface area contributed by atoms with Gasteiger partial charge in [-0.2, -0.15) is 0 Å². The molecule has 0 radical (unpaired) electrons. The molecule has 3 rings (SSSR count). The molecular weight excluding hydrogens is 374 g/mol. The fourth-order valence-electron chi connectivity index (χ4n) is 2.84. The predicted molar refractivity (Wildman–Crippen MR) is 104 cm³/mol. The minimum atomic E-state index is -3.68. The van der Waals surface area contributed by atoms with Crippen LogP contribution in [0.1, 0.15) is 16.8 Å². The van der Waals surface area contributed by atoms with E-state index < -0.39 is 10.0 Å². The zero-order valence-electron chi connectivity index (χ0n) is 14.4. The molecule has 8 heteroatoms. The Morgan fingerprint density at radius 1 is 1.12 bits per heavy atom. The van der Waals surface area contributed by atoms with Crippen molar-refractivity contribution in [2.75, 3.05) is 24.9 Å². The normalized spacial score (nSPS) is 16.6. The Labute approximate surface area is 160 Å². The summed E-state index contributed by atoms with van der Waals surface area (Å²) in [6.45, 7) is 1.69. The molecule has 1 aliphatic rings. The van der Waals surface area contributed by atoms with E-state index in [1.807, 2.05) is 6.07 Å². The van der Waals surface area contributed by atoms with E-state index in [1.54, 1.807) is 48.3 Å². The summed E-state index contributed by atoms with van der Waals surface area (Å²) in [5, 5.41) is 3.23. The molecular formula is C18H22ClN3O3S. The van der Waals surface area contributed by atoms with E-state index in [2.05, 4.69) is 10.0 Å². The first-order valence-electron chi connectivity index (χ1n) is 8.13. The van der Waals surface area contributed by atoms with Gasteiger partial charge in [0.1, 0.15) is 0 Å². The summed E-state index contributed by atoms with van der Waals surface area (Å²) < 4.78 is 27.3. The zero-order chi connectivity index (χ0) is 17.9. The van der Waals surface area contributed by atoms with Gasteiger partial charge >= 0.3 is 0 Å². The molecule has 1 atom stereocenters. The highest BCUT2D eigenvalue weighted by atomic mass is 35.5. The Bertz CT molecular complexity index is 836. The molecule has 1 unspecified atom stereocenters. The number of likely N-dealkylation sites (N-methyl/N-ethyl adjacent to an activating group) is 1. The molecule has 2 aromatic rings. The number of hydrogen-bond donors (Lipinski definition) is 2. The monoisotopic (exact) mass is 395 g/mol. The van der Waals surface area contributed by atoms with Crippen LogP contribution in [-0.4, -0.2) is 45.4 Å². The molecule has 140 valence electrons. The molecule has 1 amide bonds. The van der Waals surface area contributed by atoms with Crippen molar-refractivity contribution in [2.45, 2.75) is 17.4 Å². The molecule has 0 bridgehead atoms. The maximum atomic E-state index is 12.5. The maximum Gasteiger partial charge on any atom is 0.261 e. The Balaban J connectivity index is 0.00000243. The van der Waals surface area contributed by atoms with Gasteiger partial charge in [-0.05, 0) is 49.4 Å². The molecule has 0 saturated carbocycles. The van der Waals surface area contributed by atoms with Gasteiger partial charge in [-0.3, -0.25) is 9.52 Å². The Morgan fingerprint density at radius 3 is 2.35 bits per heavy atom. The zero-order valence-corrected chi connectivity index (χ0v) is 16.0. The first kappa shape index (κ1) is 20.2. The van der Waals surface area contributed by atoms with E-state index in [0.29, 0.717) is 11.3 Å². The molecule has 1 saturated heterocycles. The maximum absolute atomic E-state index is 12.5. The predicted octanol–water partition coefficient (Wildman–Crippen LogP) is 2.34. The number of halogens is 1. The molecule has 0 spiro atoms. The number of nitrogens with one attached hydrogen (secondary N) is 2. The highest BCUT2D eigenvalue weighted by Crippen LogP contribution is 2.18. The third kappa shape index (κ3) is 4.55. The molecule has 1 heterocycles. The first-order chi connectivity index (χ1) is 12.0. The largest absolute Gasteiger partial charge is 0.337 e. The number of rotatable bonds is 5. The fraction of sp³-hybridized carbons (Fsp3) is 0.278. The lowest BCUT2D eigenvalue weighted by Crippen LogP contribution is -2.38. The van der Waals surface area contributed by atoms with Gasteiger partial charge in [-0.1, -0.05) is 18.2 Å². The minimum Gasteiger partial charge on any atom is -0.337 e. The number of para-hydroxylation sites is 1. The van der Waals surface area contributed by atoms with Gasteiger partial charge in [0.25, 0.3) is 15.9 Å². The van der Waals surface area contributed by atoms with E-state index in [1.165, 1.54) is 12.1 Å². The Hall–Kier alpha value is -2.09. The van der Waals surface area contributed by atoms with Crippen LogP contribution in [0.2, 0.25) is 0 Å². The van der Waals surface area contributed by atoms with Crippen LogP contribution in [0.5, 0.6) is 0 Å². The summed E-state index contributed by atoms with van der Waals surface area (Å²) in [7, 11) is -1.90. The molecule has 2 N–H and O–H groups in total. The van der Waals surface area contributed by atoms with Crippen molar-refractivity contribution in [3.63, 3.8) is 0 Å². The summed E-state index contributed by atoms with van der Waals surface area (Å²) in [6, 6.07) is 14.9. The third-order valence-corrected chi connectivity index (χ3v) is 5.74. The Morgan fingerprint density at radius 2 is 1.77 bits per heavy atom. The average Bonchev–Trinajstić information content (AvgIpc) is 3.16. The molecule has 26 heavy (non-hydrogen) atoms. The number of amides is 1. The number of sulfonamides is 1. The average molecular weight is 396 g/mol. The second kappa shape index (κ2) is 8.53. The van der Waals surface area contributed by atoms with Crippen molar-refractivity contribution in [3.8, 4) is 0 Å². The van der Waals surface area contributed by atoms with Crippen LogP contribution in [0, 0.1) is 0 Å². The SMILES string of the molecule is CN(C(=O)c1ccc(S(=O)(=O)Nc2ccccc2)cc1)C1CCNC1.Cl. The van der Waals surface area contributed by atoms with Crippen molar-refractivity contribution in [3.05, 3.63) is 60.2 Å². The number of hydrogen-bond acceptors (Lipinski definition) is 4. The third-order valence-electron chi connectivity index (χ3n) is 4.34. The lowest BCUT2D eigenvalue weighted by molar-refractivity contribution is 0.0743. The smallest absolute Gasteiger partial charge is 0.261 e. The summed E-state index contributed by atoms with van der Waals surface area (Å²) in [4.78, 5) is 14.4. The summed E-state index contributed by atoms with van der Waals surface area (Å²) in [6.07, 6.45) is 0.926. The second-order valence-electron chi connectivity index (χ2n) is 6.06. The molecule has 6 nitrogen and oxygen atoms in total. The summed E-state index contributed by atoms with van der Waals surface area (Å²) in [5.74, 6) is -0.103. The van der Waals surface area contributed by atoms with E-state index >= 15 is 0 Å². The van der Waals surface area contributed by atoms with Gasteiger partial charge in [0.15, 0.2) is 0 Å². The standard InChI is InChI=1S/C18H21N3O3S.ClH/c1-21(16-11-12-19-13-16)18(22)14-7-9-17(10-8-14)25(23,24)20-15-5-3-2-4-6-15;/h2-10,16,19-20H,11-13H2,1H3;1H. The highest BCUT2D eigenvalue weighted by Gasteiger charge is 2.24. The van der Waals surface area contributed by atoms with Crippen molar-refractivity contribution >= 4 is 34.0 Å². The number of nitrogens with zero attached hydrogens (tertiary/aromatic N) is 1. The van der Waals surface area contributed by atoms with Crippen molar-refractivity contribution in [1.82, 2.24) is 10.2 Å². The van der Waals surface area contributed by atoms with Gasteiger partial charge in [0, 0.05) is 30.9 Å². The van der Waals surface area contributed by atoms with Crippen molar-refractivity contribution < 1.29 is 13.2 Å². The van der Waals surface area contributed by atoms with E-state index in [0.717, 1.165) is 19.5 Å². The summed E-state index contributed by atoms with van der Waals surface area (Å²) >= 11 is 0. The molecule has 1 aliphatic heterocycles. The van der Waals surface area contributed by atoms with Crippen LogP contribution in [0.25, 0.3) is 0 Å². The Kier molecular flexibility index (Phi) is 6.63. The lowest BCUT2D eigenvalue weighted by atomic mass is 10.1. The topological polar surface area (TPSA) is 78.5 Å². The first-order valence-corrected chi connectivity index (χ1v) is 9.61. The van der Waals surface area contributed by atoms with Crippen LogP contribution < -0.4 is 10.0 Å². The number of carbonyl (C=O) groups is 1. The van der Waals surface area contributed by atoms with Crippen LogP contribution >= 0.6 is 12.4 Å². The van der Waals surface area contributed by atoms with E-state index in [9.17, 15) is 13.2 Å². The highest BCUT2D eigenvalue weighted by molar-refractivity contribution is 7.92. The summed E-state index contributed by atoms with van der Waals surface area (Å²) in [5.41, 5.74) is 0.976. The van der Waals surface area contributed by atoms with E-state index in [-0.39, 0.29) is 29.3 Å². The molecule has 1 fully saturated rings. The second-order valence-corrected chi connectivity index (χ2v) is 7.74. The number of benzene rings is 2. The van der Waals surface area contributed by atoms with Gasteiger partial charge < -0.3 is 10.2 Å². The van der Waals surface area contributed by atoms with Gasteiger partial charge in [-0.25, -0.2) is 8.42 Å². The lowest BCUT2D eigenvalue weighted by Gasteiger charge is -2.23. The molecule has 0 aromatic heterocycles. The minimum absolute atomic E-state index is 0. The van der Waals surface area contributed by atoms with E-state index in [4.69, 9.17) is 0 Å². The van der Waals surface area contributed by atoms with Gasteiger partial charge in [-0.15, -0.1) is 12.4 Å². The van der Waals surface area contributed by atoms with Crippen molar-refractivity contribution in [2.24, 2.45) is 0 Å². The molecule has 0 aliphatic carbocycles. The van der Waals surface area contributed by atoms with Gasteiger partial charge in [0.05, 0.1) is 4.90 Å². The van der Waals surface area contributed by atoms with Crippen molar-refractivity contribution in [1.29, 1.82) is 0 Å². The fourth-order valence-corrected chi connectivity index (χ4v) is 3.90.